The molecule has 0 aliphatic heterocycles. The van der Waals surface area contributed by atoms with E-state index < -0.39 is 5.91 Å². The number of carbonyl (C=O) groups is 2. The minimum absolute atomic E-state index is 0.156. The Labute approximate surface area is 179 Å². The number of phenolic OH excluding ortho intramolecular Hbond substituents is 1. The molecule has 1 aliphatic carbocycles. The molecular weight excluding hydrogens is 396 g/mol. The average Bonchev–Trinajstić information content (AvgIpc) is 3.59. The summed E-state index contributed by atoms with van der Waals surface area (Å²) in [5.41, 5.74) is 0.709. The van der Waals surface area contributed by atoms with Gasteiger partial charge in [-0.1, -0.05) is 6.07 Å². The molecule has 1 heterocycles. The molecule has 1 fully saturated rings. The highest BCUT2D eigenvalue weighted by atomic mass is 16.5. The number of hydrogen-bond donors (Lipinski definition) is 2. The Kier molecular flexibility index (Phi) is 5.84. The topological polar surface area (TPSA) is 97.8 Å². The number of aromatic hydroxyl groups is 1. The molecule has 1 saturated carbocycles. The van der Waals surface area contributed by atoms with Gasteiger partial charge in [0.2, 0.25) is 0 Å². The maximum atomic E-state index is 12.4. The molecule has 1 amide bonds. The molecule has 1 aromatic heterocycles. The van der Waals surface area contributed by atoms with Crippen LogP contribution in [0.3, 0.4) is 0 Å². The molecule has 1 aliphatic rings. The fraction of sp³-hybridized carbons (Fsp3) is 0.208. The molecular formula is C24H22N2O5. The van der Waals surface area contributed by atoms with E-state index in [1.807, 2.05) is 24.3 Å². The van der Waals surface area contributed by atoms with Crippen molar-refractivity contribution in [3.05, 3.63) is 72.1 Å². The Morgan fingerprint density at radius 2 is 1.87 bits per heavy atom. The lowest BCUT2D eigenvalue weighted by molar-refractivity contribution is 0.101. The summed E-state index contributed by atoms with van der Waals surface area (Å²) >= 11 is 0. The van der Waals surface area contributed by atoms with Crippen molar-refractivity contribution < 1.29 is 24.2 Å². The predicted molar refractivity (Wildman–Crippen MR) is 115 cm³/mol. The van der Waals surface area contributed by atoms with E-state index in [1.165, 1.54) is 50.2 Å². The number of ketones is 1. The number of carbonyl (C=O) groups excluding carboxylic acids is 2. The molecule has 4 rings (SSSR count). The first-order valence-electron chi connectivity index (χ1n) is 10.00. The Morgan fingerprint density at radius 3 is 2.55 bits per heavy atom. The second-order valence-electron chi connectivity index (χ2n) is 7.45. The lowest BCUT2D eigenvalue weighted by atomic mass is 10.1. The van der Waals surface area contributed by atoms with Crippen LogP contribution in [-0.4, -0.2) is 28.4 Å². The minimum atomic E-state index is -0.493. The van der Waals surface area contributed by atoms with Crippen molar-refractivity contribution in [2.45, 2.75) is 19.8 Å². The third-order valence-corrected chi connectivity index (χ3v) is 4.85. The number of benzene rings is 2. The highest BCUT2D eigenvalue weighted by Gasteiger charge is 2.22. The molecule has 7 heteroatoms. The van der Waals surface area contributed by atoms with Crippen LogP contribution < -0.4 is 14.8 Å². The first-order chi connectivity index (χ1) is 15.0. The van der Waals surface area contributed by atoms with Gasteiger partial charge in [0, 0.05) is 11.6 Å². The van der Waals surface area contributed by atoms with E-state index in [4.69, 9.17) is 9.47 Å². The van der Waals surface area contributed by atoms with Crippen molar-refractivity contribution >= 4 is 17.4 Å². The normalized spacial score (nSPS) is 12.8. The van der Waals surface area contributed by atoms with E-state index in [0.29, 0.717) is 23.0 Å². The van der Waals surface area contributed by atoms with Gasteiger partial charge in [-0.15, -0.1) is 0 Å². The molecule has 0 saturated heterocycles. The summed E-state index contributed by atoms with van der Waals surface area (Å²) in [4.78, 5) is 27.9. The molecule has 158 valence electrons. The van der Waals surface area contributed by atoms with Crippen molar-refractivity contribution in [3.63, 3.8) is 0 Å². The highest BCUT2D eigenvalue weighted by Crippen LogP contribution is 2.31. The maximum Gasteiger partial charge on any atom is 0.274 e. The molecule has 0 atom stereocenters. The third-order valence-electron chi connectivity index (χ3n) is 4.85. The number of Topliss-reactive ketones (excluding diaryl/α,β-unsaturated/α-hetero) is 1. The van der Waals surface area contributed by atoms with E-state index in [9.17, 15) is 14.7 Å². The number of pyridine rings is 1. The van der Waals surface area contributed by atoms with Crippen LogP contribution >= 0.6 is 0 Å². The fourth-order valence-corrected chi connectivity index (χ4v) is 2.88. The number of ether oxygens (including phenoxy) is 2. The fourth-order valence-electron chi connectivity index (χ4n) is 2.88. The van der Waals surface area contributed by atoms with Gasteiger partial charge >= 0.3 is 0 Å². The van der Waals surface area contributed by atoms with E-state index in [-0.39, 0.29) is 22.9 Å². The van der Waals surface area contributed by atoms with Crippen LogP contribution in [0.25, 0.3) is 0 Å². The molecule has 0 unspecified atom stereocenters. The first kappa shape index (κ1) is 20.4. The summed E-state index contributed by atoms with van der Waals surface area (Å²) in [7, 11) is 0. The Morgan fingerprint density at radius 1 is 1.06 bits per heavy atom. The highest BCUT2D eigenvalue weighted by molar-refractivity contribution is 6.04. The van der Waals surface area contributed by atoms with Crippen LogP contribution in [0, 0.1) is 5.92 Å². The van der Waals surface area contributed by atoms with Crippen molar-refractivity contribution in [1.82, 2.24) is 4.98 Å². The van der Waals surface area contributed by atoms with E-state index in [2.05, 4.69) is 10.3 Å². The van der Waals surface area contributed by atoms with E-state index in [1.54, 1.807) is 6.07 Å². The van der Waals surface area contributed by atoms with Crippen LogP contribution in [0.1, 0.15) is 40.6 Å². The Balaban J connectivity index is 1.38. The van der Waals surface area contributed by atoms with Crippen molar-refractivity contribution in [2.24, 2.45) is 5.92 Å². The molecule has 3 aromatic rings. The van der Waals surface area contributed by atoms with Gasteiger partial charge in [-0.05, 0) is 68.1 Å². The molecule has 0 spiro atoms. The zero-order valence-corrected chi connectivity index (χ0v) is 17.0. The predicted octanol–water partition coefficient (Wildman–Crippen LogP) is 4.82. The summed E-state index contributed by atoms with van der Waals surface area (Å²) in [5, 5.41) is 12.6. The van der Waals surface area contributed by atoms with E-state index >= 15 is 0 Å². The van der Waals surface area contributed by atoms with Crippen LogP contribution in [0.15, 0.2) is 60.8 Å². The average molecular weight is 418 g/mol. The van der Waals surface area contributed by atoms with Gasteiger partial charge in [-0.3, -0.25) is 9.59 Å². The maximum absolute atomic E-state index is 12.4. The Hall–Kier alpha value is -3.87. The van der Waals surface area contributed by atoms with Gasteiger partial charge in [-0.25, -0.2) is 4.98 Å². The number of anilines is 1. The molecule has 31 heavy (non-hydrogen) atoms. The number of hydrogen-bond acceptors (Lipinski definition) is 6. The van der Waals surface area contributed by atoms with Crippen molar-refractivity contribution in [1.29, 1.82) is 0 Å². The van der Waals surface area contributed by atoms with Crippen LogP contribution in [0.2, 0.25) is 0 Å². The summed E-state index contributed by atoms with van der Waals surface area (Å²) in [6.45, 7) is 2.12. The number of aromatic nitrogens is 1. The lowest BCUT2D eigenvalue weighted by Crippen LogP contribution is -2.13. The summed E-state index contributed by atoms with van der Waals surface area (Å²) < 4.78 is 11.6. The molecule has 7 nitrogen and oxygen atoms in total. The summed E-state index contributed by atoms with van der Waals surface area (Å²) in [5.74, 6) is 1.65. The summed E-state index contributed by atoms with van der Waals surface area (Å²) in [6.07, 6.45) is 3.90. The number of phenols is 1. The zero-order valence-electron chi connectivity index (χ0n) is 17.0. The van der Waals surface area contributed by atoms with Crippen LogP contribution in [-0.2, 0) is 0 Å². The van der Waals surface area contributed by atoms with E-state index in [0.717, 1.165) is 12.4 Å². The van der Waals surface area contributed by atoms with Gasteiger partial charge in [0.15, 0.2) is 5.78 Å². The van der Waals surface area contributed by atoms with Gasteiger partial charge < -0.3 is 19.9 Å². The number of nitrogens with one attached hydrogen (secondary N) is 1. The molecule has 2 aromatic carbocycles. The van der Waals surface area contributed by atoms with Gasteiger partial charge in [0.25, 0.3) is 5.91 Å². The standard InChI is InChI=1S/C24H22N2O5/c1-15(27)17-7-9-21(23(28)11-17)26-24(29)22-10-8-20(13-25-22)31-19-4-2-3-18(12-19)30-14-16-5-6-16/h2-4,7-13,16,28H,5-6,14H2,1H3,(H,26,29). The van der Waals surface area contributed by atoms with Crippen LogP contribution in [0.4, 0.5) is 5.69 Å². The monoisotopic (exact) mass is 418 g/mol. The first-order valence-corrected chi connectivity index (χ1v) is 10.00. The lowest BCUT2D eigenvalue weighted by Gasteiger charge is -2.10. The quantitative estimate of drug-likeness (QED) is 0.402. The van der Waals surface area contributed by atoms with Gasteiger partial charge in [0.1, 0.15) is 28.7 Å². The number of rotatable bonds is 8. The smallest absolute Gasteiger partial charge is 0.274 e. The molecule has 0 radical (unpaired) electrons. The third kappa shape index (κ3) is 5.39. The second kappa shape index (κ2) is 8.87. The molecule has 0 bridgehead atoms. The van der Waals surface area contributed by atoms with Gasteiger partial charge in [-0.2, -0.15) is 0 Å². The van der Waals surface area contributed by atoms with Crippen molar-refractivity contribution in [2.75, 3.05) is 11.9 Å². The Bertz CT molecular complexity index is 1110. The number of nitrogens with zero attached hydrogens (tertiary/aromatic N) is 1. The largest absolute Gasteiger partial charge is 0.506 e. The summed E-state index contributed by atoms with van der Waals surface area (Å²) in [6, 6.07) is 14.9. The molecule has 2 N–H and O–H groups in total. The van der Waals surface area contributed by atoms with Gasteiger partial charge in [0.05, 0.1) is 18.5 Å². The minimum Gasteiger partial charge on any atom is -0.506 e. The SMILES string of the molecule is CC(=O)c1ccc(NC(=O)c2ccc(Oc3cccc(OCC4CC4)c3)cn2)c(O)c1. The zero-order chi connectivity index (χ0) is 21.8. The van der Waals surface area contributed by atoms with Crippen LogP contribution in [0.5, 0.6) is 23.0 Å². The number of amides is 1. The van der Waals surface area contributed by atoms with Crippen molar-refractivity contribution in [3.8, 4) is 23.0 Å². The second-order valence-corrected chi connectivity index (χ2v) is 7.45.